The summed E-state index contributed by atoms with van der Waals surface area (Å²) in [5.74, 6) is 0. The van der Waals surface area contributed by atoms with Gasteiger partial charge in [-0.3, -0.25) is 9.20 Å². The zero-order chi connectivity index (χ0) is 13.9. The third-order valence-electron chi connectivity index (χ3n) is 2.96. The largest absolute Gasteiger partial charge is 0.396 e. The minimum Gasteiger partial charge on any atom is -0.396 e. The highest BCUT2D eigenvalue weighted by Crippen LogP contribution is 2.11. The molecule has 0 saturated carbocycles. The Morgan fingerprint density at radius 2 is 2.21 bits per heavy atom. The Kier molecular flexibility index (Phi) is 3.97. The Bertz CT molecular complexity index is 619. The Hall–Kier alpha value is -1.72. The first-order chi connectivity index (χ1) is 9.02. The van der Waals surface area contributed by atoms with E-state index in [0.717, 1.165) is 0 Å². The molecule has 2 heterocycles. The molecular weight excluding hydrogens is 242 g/mol. The number of hydrogen-bond acceptors (Lipinski definition) is 4. The van der Waals surface area contributed by atoms with Gasteiger partial charge in [0, 0.05) is 37.4 Å². The minimum absolute atomic E-state index is 0.0798. The zero-order valence-electron chi connectivity index (χ0n) is 11.3. The topological polar surface area (TPSA) is 66.6 Å². The summed E-state index contributed by atoms with van der Waals surface area (Å²) >= 11 is 0. The smallest absolute Gasteiger partial charge is 0.258 e. The van der Waals surface area contributed by atoms with E-state index in [1.54, 1.807) is 12.3 Å². The lowest BCUT2D eigenvalue weighted by Gasteiger charge is -2.21. The maximum atomic E-state index is 11.9. The Labute approximate surface area is 111 Å². The molecule has 0 fully saturated rings. The molecule has 0 spiro atoms. The molecule has 2 rings (SSSR count). The van der Waals surface area contributed by atoms with Gasteiger partial charge in [0.1, 0.15) is 5.65 Å². The van der Waals surface area contributed by atoms with Crippen molar-refractivity contribution in [3.63, 3.8) is 0 Å². The first-order valence-electron chi connectivity index (χ1n) is 6.31. The molecule has 0 aliphatic heterocycles. The second kappa shape index (κ2) is 5.50. The highest BCUT2D eigenvalue weighted by molar-refractivity contribution is 5.37. The summed E-state index contributed by atoms with van der Waals surface area (Å²) in [5.41, 5.74) is 1.10. The second-order valence-corrected chi connectivity index (χ2v) is 5.44. The lowest BCUT2D eigenvalue weighted by atomic mass is 9.95. The van der Waals surface area contributed by atoms with Crippen molar-refractivity contribution in [2.45, 2.75) is 20.4 Å². The predicted molar refractivity (Wildman–Crippen MR) is 74.0 cm³/mol. The highest BCUT2D eigenvalue weighted by Gasteiger charge is 2.15. The van der Waals surface area contributed by atoms with Crippen molar-refractivity contribution in [2.24, 2.45) is 5.41 Å². The SMILES string of the molecule is CC(C)(CO)CNCc1cc(=O)n2ccccc2n1. The van der Waals surface area contributed by atoms with Crippen molar-refractivity contribution in [2.75, 3.05) is 13.2 Å². The van der Waals surface area contributed by atoms with Gasteiger partial charge in [-0.15, -0.1) is 0 Å². The molecule has 0 saturated heterocycles. The molecule has 0 aliphatic rings. The fourth-order valence-electron chi connectivity index (χ4n) is 1.78. The molecule has 19 heavy (non-hydrogen) atoms. The summed E-state index contributed by atoms with van der Waals surface area (Å²) < 4.78 is 1.52. The van der Waals surface area contributed by atoms with Crippen LogP contribution in [0, 0.1) is 5.41 Å². The molecule has 5 nitrogen and oxygen atoms in total. The Balaban J connectivity index is 2.12. The number of fused-ring (bicyclic) bond motifs is 1. The highest BCUT2D eigenvalue weighted by atomic mass is 16.3. The lowest BCUT2D eigenvalue weighted by Crippen LogP contribution is -2.32. The zero-order valence-corrected chi connectivity index (χ0v) is 11.3. The van der Waals surface area contributed by atoms with Crippen molar-refractivity contribution in [3.8, 4) is 0 Å². The van der Waals surface area contributed by atoms with Gasteiger partial charge in [-0.25, -0.2) is 4.98 Å². The van der Waals surface area contributed by atoms with E-state index in [1.165, 1.54) is 10.5 Å². The number of pyridine rings is 1. The van der Waals surface area contributed by atoms with E-state index in [-0.39, 0.29) is 17.6 Å². The van der Waals surface area contributed by atoms with Crippen LogP contribution < -0.4 is 10.9 Å². The molecule has 2 aromatic heterocycles. The van der Waals surface area contributed by atoms with Gasteiger partial charge in [-0.2, -0.15) is 0 Å². The summed E-state index contributed by atoms with van der Waals surface area (Å²) in [6.07, 6.45) is 1.71. The molecule has 2 aromatic rings. The normalized spacial score (nSPS) is 11.9. The van der Waals surface area contributed by atoms with E-state index < -0.39 is 0 Å². The molecular formula is C14H19N3O2. The van der Waals surface area contributed by atoms with Gasteiger partial charge in [0.05, 0.1) is 5.69 Å². The molecule has 5 heteroatoms. The molecule has 2 N–H and O–H groups in total. The number of rotatable bonds is 5. The van der Waals surface area contributed by atoms with Crippen LogP contribution in [0.25, 0.3) is 5.65 Å². The molecule has 0 atom stereocenters. The molecule has 0 bridgehead atoms. The van der Waals surface area contributed by atoms with Crippen LogP contribution in [0.1, 0.15) is 19.5 Å². The Morgan fingerprint density at radius 1 is 1.42 bits per heavy atom. The van der Waals surface area contributed by atoms with Crippen LogP contribution in [0.3, 0.4) is 0 Å². The van der Waals surface area contributed by atoms with Crippen LogP contribution in [0.15, 0.2) is 35.3 Å². The van der Waals surface area contributed by atoms with Gasteiger partial charge in [0.25, 0.3) is 5.56 Å². The van der Waals surface area contributed by atoms with E-state index in [2.05, 4.69) is 10.3 Å². The van der Waals surface area contributed by atoms with Crippen LogP contribution in [0.2, 0.25) is 0 Å². The van der Waals surface area contributed by atoms with Gasteiger partial charge >= 0.3 is 0 Å². The molecule has 102 valence electrons. The number of nitrogens with one attached hydrogen (secondary N) is 1. The first-order valence-corrected chi connectivity index (χ1v) is 6.31. The van der Waals surface area contributed by atoms with Crippen LogP contribution >= 0.6 is 0 Å². The van der Waals surface area contributed by atoms with E-state index in [9.17, 15) is 4.79 Å². The van der Waals surface area contributed by atoms with Crippen molar-refractivity contribution in [1.82, 2.24) is 14.7 Å². The summed E-state index contributed by atoms with van der Waals surface area (Å²) in [5, 5.41) is 12.4. The lowest BCUT2D eigenvalue weighted by molar-refractivity contribution is 0.156. The average Bonchev–Trinajstić information content (AvgIpc) is 2.39. The molecule has 0 amide bonds. The summed E-state index contributed by atoms with van der Waals surface area (Å²) in [7, 11) is 0. The molecule has 0 unspecified atom stereocenters. The molecule has 0 radical (unpaired) electrons. The number of aliphatic hydroxyl groups is 1. The number of nitrogens with zero attached hydrogens (tertiary/aromatic N) is 2. The maximum absolute atomic E-state index is 11.9. The molecule has 0 aromatic carbocycles. The van der Waals surface area contributed by atoms with Crippen LogP contribution in [0.5, 0.6) is 0 Å². The van der Waals surface area contributed by atoms with E-state index in [4.69, 9.17) is 5.11 Å². The summed E-state index contributed by atoms with van der Waals surface area (Å²) in [6, 6.07) is 7.00. The number of aliphatic hydroxyl groups excluding tert-OH is 1. The first kappa shape index (κ1) is 13.7. The van der Waals surface area contributed by atoms with Gasteiger partial charge in [-0.1, -0.05) is 19.9 Å². The van der Waals surface area contributed by atoms with E-state index in [1.807, 2.05) is 26.0 Å². The maximum Gasteiger partial charge on any atom is 0.258 e. The van der Waals surface area contributed by atoms with Gasteiger partial charge < -0.3 is 10.4 Å². The quantitative estimate of drug-likeness (QED) is 0.835. The van der Waals surface area contributed by atoms with Crippen LogP contribution in [-0.2, 0) is 6.54 Å². The third-order valence-corrected chi connectivity index (χ3v) is 2.96. The Morgan fingerprint density at radius 3 is 2.95 bits per heavy atom. The predicted octanol–water partition coefficient (Wildman–Crippen LogP) is 0.803. The summed E-state index contributed by atoms with van der Waals surface area (Å²) in [4.78, 5) is 16.3. The van der Waals surface area contributed by atoms with E-state index in [0.29, 0.717) is 24.4 Å². The average molecular weight is 261 g/mol. The van der Waals surface area contributed by atoms with Crippen molar-refractivity contribution >= 4 is 5.65 Å². The monoisotopic (exact) mass is 261 g/mol. The fourth-order valence-corrected chi connectivity index (χ4v) is 1.78. The van der Waals surface area contributed by atoms with Gasteiger partial charge in [0.2, 0.25) is 0 Å². The van der Waals surface area contributed by atoms with Crippen LogP contribution in [0.4, 0.5) is 0 Å². The van der Waals surface area contributed by atoms with Gasteiger partial charge in [0.15, 0.2) is 0 Å². The van der Waals surface area contributed by atoms with Crippen molar-refractivity contribution in [3.05, 3.63) is 46.5 Å². The fraction of sp³-hybridized carbons (Fsp3) is 0.429. The van der Waals surface area contributed by atoms with Crippen LogP contribution in [-0.4, -0.2) is 27.6 Å². The molecule has 0 aliphatic carbocycles. The number of aromatic nitrogens is 2. The van der Waals surface area contributed by atoms with Gasteiger partial charge in [-0.05, 0) is 12.1 Å². The van der Waals surface area contributed by atoms with Crippen molar-refractivity contribution < 1.29 is 5.11 Å². The third kappa shape index (κ3) is 3.39. The standard InChI is InChI=1S/C14H19N3O2/c1-14(2,10-18)9-15-8-11-7-13(19)17-6-4-3-5-12(17)16-11/h3-7,15,18H,8-10H2,1-2H3. The van der Waals surface area contributed by atoms with E-state index >= 15 is 0 Å². The summed E-state index contributed by atoms with van der Waals surface area (Å²) in [6.45, 7) is 5.25. The van der Waals surface area contributed by atoms with Crippen molar-refractivity contribution in [1.29, 1.82) is 0 Å². The minimum atomic E-state index is -0.175. The second-order valence-electron chi connectivity index (χ2n) is 5.44. The number of hydrogen-bond donors (Lipinski definition) is 2.